The van der Waals surface area contributed by atoms with Crippen molar-refractivity contribution in [3.8, 4) is 0 Å². The fourth-order valence-electron chi connectivity index (χ4n) is 1.33. The first-order valence-electron chi connectivity index (χ1n) is 5.09. The Balaban J connectivity index is 0.00000289. The van der Waals surface area contributed by atoms with Crippen LogP contribution in [0.2, 0.25) is 0 Å². The molecule has 1 aromatic rings. The van der Waals surface area contributed by atoms with Gasteiger partial charge in [0.05, 0.1) is 24.7 Å². The molecule has 0 saturated carbocycles. The Hall–Kier alpha value is -1.04. The van der Waals surface area contributed by atoms with Crippen LogP contribution in [0.3, 0.4) is 0 Å². The van der Waals surface area contributed by atoms with Crippen LogP contribution in [0, 0.1) is 0 Å². The van der Waals surface area contributed by atoms with Crippen LogP contribution in [0.4, 0.5) is 5.69 Å². The van der Waals surface area contributed by atoms with Crippen LogP contribution in [-0.2, 0) is 9.53 Å². The maximum atomic E-state index is 11.2. The zero-order valence-electron chi connectivity index (χ0n) is 11.0. The number of ether oxygens (including phenoxy) is 1. The summed E-state index contributed by atoms with van der Waals surface area (Å²) in [5.74, 6) is -1.57. The summed E-state index contributed by atoms with van der Waals surface area (Å²) in [6.07, 6.45) is 0. The Morgan fingerprint density at radius 2 is 1.78 bits per heavy atom. The van der Waals surface area contributed by atoms with Crippen LogP contribution >= 0.6 is 0 Å². The summed E-state index contributed by atoms with van der Waals surface area (Å²) in [6.45, 7) is 1.53. The molecule has 18 heavy (non-hydrogen) atoms. The number of benzene rings is 1. The van der Waals surface area contributed by atoms with Crippen molar-refractivity contribution in [1.82, 2.24) is 0 Å². The van der Waals surface area contributed by atoms with Crippen LogP contribution in [0.15, 0.2) is 24.3 Å². The molecule has 0 saturated heterocycles. The molecule has 1 unspecified atom stereocenters. The number of carboxylic acid groups (broad SMARTS) is 1. The smallest absolute Gasteiger partial charge is 0.548 e. The van der Waals surface area contributed by atoms with Gasteiger partial charge in [-0.25, -0.2) is 4.79 Å². The van der Waals surface area contributed by atoms with E-state index in [0.717, 1.165) is 0 Å². The van der Waals surface area contributed by atoms with E-state index in [2.05, 4.69) is 4.74 Å². The van der Waals surface area contributed by atoms with E-state index in [1.54, 1.807) is 36.2 Å². The molecule has 92 valence electrons. The average Bonchev–Trinajstić information content (AvgIpc) is 2.36. The summed E-state index contributed by atoms with van der Waals surface area (Å²) in [4.78, 5) is 23.5. The molecule has 1 atom stereocenters. The normalized spacial score (nSPS) is 11.1. The fourth-order valence-corrected chi connectivity index (χ4v) is 1.33. The van der Waals surface area contributed by atoms with E-state index in [1.165, 1.54) is 14.0 Å². The van der Waals surface area contributed by atoms with Gasteiger partial charge in [-0.15, -0.1) is 0 Å². The summed E-state index contributed by atoms with van der Waals surface area (Å²) in [6, 6.07) is 5.75. The van der Waals surface area contributed by atoms with Crippen molar-refractivity contribution in [2.75, 3.05) is 19.1 Å². The van der Waals surface area contributed by atoms with Gasteiger partial charge >= 0.3 is 35.5 Å². The quantitative estimate of drug-likeness (QED) is 0.427. The van der Waals surface area contributed by atoms with E-state index in [-0.39, 0.29) is 29.6 Å². The molecule has 0 aliphatic rings. The molecule has 0 aromatic heterocycles. The zero-order chi connectivity index (χ0) is 13.0. The first-order chi connectivity index (χ1) is 7.97. The molecule has 1 rings (SSSR count). The molecule has 5 nitrogen and oxygen atoms in total. The first kappa shape index (κ1) is 17.0. The van der Waals surface area contributed by atoms with E-state index < -0.39 is 18.0 Å². The largest absolute Gasteiger partial charge is 1.00 e. The zero-order valence-corrected chi connectivity index (χ0v) is 13.0. The molecule has 6 heteroatoms. The van der Waals surface area contributed by atoms with Gasteiger partial charge in [0, 0.05) is 12.7 Å². The van der Waals surface area contributed by atoms with Crippen molar-refractivity contribution in [3.05, 3.63) is 29.8 Å². The molecular weight excluding hydrogens is 245 g/mol. The van der Waals surface area contributed by atoms with Gasteiger partial charge in [-0.05, 0) is 31.2 Å². The maximum absolute atomic E-state index is 11.2. The van der Waals surface area contributed by atoms with Crippen LogP contribution in [0.5, 0.6) is 0 Å². The minimum Gasteiger partial charge on any atom is -0.548 e. The molecule has 1 aromatic carbocycles. The Morgan fingerprint density at radius 1 is 1.28 bits per heavy atom. The number of carbonyl (C=O) groups excluding carboxylic acids is 2. The third-order valence-corrected chi connectivity index (χ3v) is 2.62. The van der Waals surface area contributed by atoms with E-state index in [4.69, 9.17) is 0 Å². The van der Waals surface area contributed by atoms with Crippen molar-refractivity contribution in [3.63, 3.8) is 0 Å². The first-order valence-corrected chi connectivity index (χ1v) is 5.09. The summed E-state index contributed by atoms with van der Waals surface area (Å²) >= 11 is 0. The number of rotatable bonds is 4. The Labute approximate surface area is 128 Å². The average molecular weight is 259 g/mol. The Morgan fingerprint density at radius 3 is 2.17 bits per heavy atom. The number of carbonyl (C=O) groups is 2. The minimum absolute atomic E-state index is 0. The van der Waals surface area contributed by atoms with E-state index in [0.29, 0.717) is 11.3 Å². The topological polar surface area (TPSA) is 69.7 Å². The van der Waals surface area contributed by atoms with Crippen molar-refractivity contribution >= 4 is 17.6 Å². The number of hydrogen-bond acceptors (Lipinski definition) is 5. The number of likely N-dealkylation sites (N-methyl/N-ethyl adjacent to an activating group) is 1. The molecular formula is C12H14NNaO4. The molecule has 0 radical (unpaired) electrons. The third kappa shape index (κ3) is 4.01. The van der Waals surface area contributed by atoms with Crippen molar-refractivity contribution < 1.29 is 49.0 Å². The second-order valence-corrected chi connectivity index (χ2v) is 3.64. The number of hydrogen-bond donors (Lipinski definition) is 0. The van der Waals surface area contributed by atoms with E-state index in [1.807, 2.05) is 0 Å². The van der Waals surface area contributed by atoms with Crippen molar-refractivity contribution in [2.24, 2.45) is 0 Å². The van der Waals surface area contributed by atoms with Crippen LogP contribution < -0.4 is 39.6 Å². The maximum Gasteiger partial charge on any atom is 1.00 e. The number of aliphatic carboxylic acids is 1. The summed E-state index contributed by atoms with van der Waals surface area (Å²) in [7, 11) is 2.95. The number of esters is 1. The van der Waals surface area contributed by atoms with Gasteiger partial charge in [0.2, 0.25) is 0 Å². The molecule has 0 spiro atoms. The van der Waals surface area contributed by atoms with E-state index in [9.17, 15) is 14.7 Å². The molecule has 0 amide bonds. The van der Waals surface area contributed by atoms with Crippen molar-refractivity contribution in [1.29, 1.82) is 0 Å². The van der Waals surface area contributed by atoms with Crippen molar-refractivity contribution in [2.45, 2.75) is 13.0 Å². The number of methoxy groups -OCH3 is 1. The van der Waals surface area contributed by atoms with Gasteiger partial charge in [-0.2, -0.15) is 0 Å². The Kier molecular flexibility index (Phi) is 6.98. The fraction of sp³-hybridized carbons (Fsp3) is 0.333. The molecule has 0 bridgehead atoms. The monoisotopic (exact) mass is 259 g/mol. The molecule has 0 aliphatic heterocycles. The van der Waals surface area contributed by atoms with Gasteiger partial charge in [-0.3, -0.25) is 0 Å². The third-order valence-electron chi connectivity index (χ3n) is 2.62. The predicted octanol–water partition coefficient (Wildman–Crippen LogP) is -2.95. The van der Waals surface area contributed by atoms with Gasteiger partial charge in [-0.1, -0.05) is 0 Å². The number of anilines is 1. The van der Waals surface area contributed by atoms with Crippen LogP contribution in [-0.4, -0.2) is 32.1 Å². The van der Waals surface area contributed by atoms with Gasteiger partial charge in [0.25, 0.3) is 0 Å². The van der Waals surface area contributed by atoms with Gasteiger partial charge in [0.1, 0.15) is 0 Å². The SMILES string of the molecule is COC(=O)c1ccc(N(C)C(C)C(=O)[O-])cc1.[Na+]. The number of nitrogens with zero attached hydrogens (tertiary/aromatic N) is 1. The Bertz CT molecular complexity index is 419. The summed E-state index contributed by atoms with van der Waals surface area (Å²) < 4.78 is 4.57. The standard InChI is InChI=1S/C12H15NO4.Na/c1-8(11(14)15)13(2)10-6-4-9(5-7-10)12(16)17-3;/h4-8H,1-3H3,(H,14,15);/q;+1/p-1. The summed E-state index contributed by atoms with van der Waals surface area (Å²) in [5.41, 5.74) is 1.11. The minimum atomic E-state index is -1.15. The van der Waals surface area contributed by atoms with E-state index >= 15 is 0 Å². The molecule has 0 aliphatic carbocycles. The molecule has 0 fully saturated rings. The second kappa shape index (κ2) is 7.41. The van der Waals surface area contributed by atoms with Crippen LogP contribution in [0.1, 0.15) is 17.3 Å². The van der Waals surface area contributed by atoms with Gasteiger partial charge < -0.3 is 19.5 Å². The molecule has 0 heterocycles. The van der Waals surface area contributed by atoms with Crippen LogP contribution in [0.25, 0.3) is 0 Å². The predicted molar refractivity (Wildman–Crippen MR) is 60.7 cm³/mol. The van der Waals surface area contributed by atoms with Gasteiger partial charge in [0.15, 0.2) is 0 Å². The molecule has 0 N–H and O–H groups in total. The summed E-state index contributed by atoms with van der Waals surface area (Å²) in [5, 5.41) is 10.7. The second-order valence-electron chi connectivity index (χ2n) is 3.64. The number of carboxylic acids is 1.